The van der Waals surface area contributed by atoms with Crippen molar-refractivity contribution in [1.29, 1.82) is 0 Å². The monoisotopic (exact) mass is 261 g/mol. The van der Waals surface area contributed by atoms with Crippen molar-refractivity contribution in [2.75, 3.05) is 19.6 Å². The Morgan fingerprint density at radius 2 is 2.37 bits per heavy atom. The number of hydrogen-bond acceptors (Lipinski definition) is 2. The highest BCUT2D eigenvalue weighted by atomic mass is 16.2. The molecule has 3 heterocycles. The zero-order valence-corrected chi connectivity index (χ0v) is 11.6. The standard InChI is InChI=1S/C15H23N3O/c1-15(7-4-8-16-11-15)14(19)18-10-3-6-13(18)12-5-2-9-17-12/h2,5,9,13,16-17H,3-4,6-8,10-11H2,1H3. The van der Waals surface area contributed by atoms with Crippen LogP contribution in [0.15, 0.2) is 18.3 Å². The van der Waals surface area contributed by atoms with Gasteiger partial charge in [-0.2, -0.15) is 0 Å². The van der Waals surface area contributed by atoms with Crippen LogP contribution in [-0.2, 0) is 4.79 Å². The number of aromatic amines is 1. The Morgan fingerprint density at radius 3 is 3.05 bits per heavy atom. The molecule has 1 aromatic rings. The maximum absolute atomic E-state index is 12.9. The van der Waals surface area contributed by atoms with Crippen LogP contribution in [0, 0.1) is 5.41 Å². The van der Waals surface area contributed by atoms with Gasteiger partial charge in [-0.1, -0.05) is 0 Å². The molecule has 2 saturated heterocycles. The number of carbonyl (C=O) groups excluding carboxylic acids is 1. The van der Waals surface area contributed by atoms with E-state index in [0.29, 0.717) is 5.91 Å². The van der Waals surface area contributed by atoms with Gasteiger partial charge in [0, 0.05) is 25.0 Å². The molecule has 2 N–H and O–H groups in total. The molecule has 0 radical (unpaired) electrons. The van der Waals surface area contributed by atoms with E-state index in [1.807, 2.05) is 12.3 Å². The number of nitrogens with zero attached hydrogens (tertiary/aromatic N) is 1. The van der Waals surface area contributed by atoms with E-state index in [4.69, 9.17) is 0 Å². The molecule has 0 aromatic carbocycles. The van der Waals surface area contributed by atoms with E-state index < -0.39 is 0 Å². The molecular weight excluding hydrogens is 238 g/mol. The first-order valence-corrected chi connectivity index (χ1v) is 7.36. The summed E-state index contributed by atoms with van der Waals surface area (Å²) in [6, 6.07) is 4.36. The molecule has 4 nitrogen and oxygen atoms in total. The highest BCUT2D eigenvalue weighted by Crippen LogP contribution is 2.37. The van der Waals surface area contributed by atoms with Crippen molar-refractivity contribution in [3.05, 3.63) is 24.0 Å². The largest absolute Gasteiger partial charge is 0.363 e. The summed E-state index contributed by atoms with van der Waals surface area (Å²) in [7, 11) is 0. The Hall–Kier alpha value is -1.29. The molecule has 2 aliphatic rings. The Kier molecular flexibility index (Phi) is 3.35. The lowest BCUT2D eigenvalue weighted by molar-refractivity contribution is -0.143. The summed E-state index contributed by atoms with van der Waals surface area (Å²) in [5.74, 6) is 0.330. The molecule has 2 fully saturated rings. The maximum atomic E-state index is 12.9. The lowest BCUT2D eigenvalue weighted by Crippen LogP contribution is -2.50. The molecule has 2 unspecified atom stereocenters. The molecule has 1 aromatic heterocycles. The van der Waals surface area contributed by atoms with Crippen LogP contribution in [-0.4, -0.2) is 35.4 Å². The quantitative estimate of drug-likeness (QED) is 0.856. The number of H-pyrrole nitrogens is 1. The predicted molar refractivity (Wildman–Crippen MR) is 74.7 cm³/mol. The molecule has 0 saturated carbocycles. The normalized spacial score (nSPS) is 31.6. The molecule has 3 rings (SSSR count). The van der Waals surface area contributed by atoms with Gasteiger partial charge in [-0.25, -0.2) is 0 Å². The second kappa shape index (κ2) is 5.00. The van der Waals surface area contributed by atoms with Crippen LogP contribution in [0.2, 0.25) is 0 Å². The topological polar surface area (TPSA) is 48.1 Å². The van der Waals surface area contributed by atoms with Gasteiger partial charge in [0.1, 0.15) is 0 Å². The van der Waals surface area contributed by atoms with Crippen LogP contribution in [0.3, 0.4) is 0 Å². The SMILES string of the molecule is CC1(C(=O)N2CCCC2c2ccc[nH]2)CCCNC1. The molecule has 2 atom stereocenters. The number of nitrogens with one attached hydrogen (secondary N) is 2. The first-order valence-electron chi connectivity index (χ1n) is 7.36. The van der Waals surface area contributed by atoms with E-state index in [9.17, 15) is 4.79 Å². The van der Waals surface area contributed by atoms with Gasteiger partial charge in [0.2, 0.25) is 5.91 Å². The van der Waals surface area contributed by atoms with Gasteiger partial charge in [-0.15, -0.1) is 0 Å². The van der Waals surface area contributed by atoms with Crippen molar-refractivity contribution in [2.24, 2.45) is 5.41 Å². The van der Waals surface area contributed by atoms with E-state index in [-0.39, 0.29) is 11.5 Å². The van der Waals surface area contributed by atoms with Gasteiger partial charge in [0.15, 0.2) is 0 Å². The van der Waals surface area contributed by atoms with Crippen molar-refractivity contribution in [3.8, 4) is 0 Å². The third-order valence-electron chi connectivity index (χ3n) is 4.61. The van der Waals surface area contributed by atoms with E-state index in [1.54, 1.807) is 0 Å². The minimum Gasteiger partial charge on any atom is -0.363 e. The highest BCUT2D eigenvalue weighted by molar-refractivity contribution is 5.83. The van der Waals surface area contributed by atoms with Gasteiger partial charge in [-0.3, -0.25) is 4.79 Å². The second-order valence-corrected chi connectivity index (χ2v) is 6.12. The lowest BCUT2D eigenvalue weighted by atomic mass is 9.81. The van der Waals surface area contributed by atoms with Gasteiger partial charge in [0.25, 0.3) is 0 Å². The van der Waals surface area contributed by atoms with E-state index in [1.165, 1.54) is 5.69 Å². The molecule has 104 valence electrons. The second-order valence-electron chi connectivity index (χ2n) is 6.12. The van der Waals surface area contributed by atoms with Crippen LogP contribution in [0.5, 0.6) is 0 Å². The van der Waals surface area contributed by atoms with Gasteiger partial charge < -0.3 is 15.2 Å². The number of piperidine rings is 1. The van der Waals surface area contributed by atoms with Crippen LogP contribution in [0.1, 0.15) is 44.3 Å². The first kappa shape index (κ1) is 12.7. The third kappa shape index (κ3) is 2.29. The number of carbonyl (C=O) groups is 1. The number of amides is 1. The summed E-state index contributed by atoms with van der Waals surface area (Å²) >= 11 is 0. The molecule has 0 aliphatic carbocycles. The van der Waals surface area contributed by atoms with Crippen molar-refractivity contribution in [2.45, 2.75) is 38.6 Å². The number of likely N-dealkylation sites (tertiary alicyclic amines) is 1. The summed E-state index contributed by atoms with van der Waals surface area (Å²) in [4.78, 5) is 18.3. The molecule has 1 amide bonds. The van der Waals surface area contributed by atoms with Crippen molar-refractivity contribution >= 4 is 5.91 Å². The number of hydrogen-bond donors (Lipinski definition) is 2. The average Bonchev–Trinajstić information content (AvgIpc) is 3.09. The van der Waals surface area contributed by atoms with Gasteiger partial charge >= 0.3 is 0 Å². The molecule has 19 heavy (non-hydrogen) atoms. The molecular formula is C15H23N3O. The fourth-order valence-corrected chi connectivity index (χ4v) is 3.47. The summed E-state index contributed by atoms with van der Waals surface area (Å²) in [5, 5.41) is 3.37. The van der Waals surface area contributed by atoms with E-state index in [2.05, 4.69) is 28.2 Å². The lowest BCUT2D eigenvalue weighted by Gasteiger charge is -2.38. The predicted octanol–water partition coefficient (Wildman–Crippen LogP) is 2.07. The molecule has 4 heteroatoms. The van der Waals surface area contributed by atoms with Gasteiger partial charge in [-0.05, 0) is 51.3 Å². The third-order valence-corrected chi connectivity index (χ3v) is 4.61. The fourth-order valence-electron chi connectivity index (χ4n) is 3.47. The Labute approximate surface area is 114 Å². The minimum absolute atomic E-state index is 0.215. The molecule has 0 bridgehead atoms. The van der Waals surface area contributed by atoms with Crippen LogP contribution in [0.25, 0.3) is 0 Å². The van der Waals surface area contributed by atoms with Crippen LogP contribution in [0.4, 0.5) is 0 Å². The number of rotatable bonds is 2. The van der Waals surface area contributed by atoms with Crippen LogP contribution >= 0.6 is 0 Å². The number of aromatic nitrogens is 1. The summed E-state index contributed by atoms with van der Waals surface area (Å²) in [6.07, 6.45) is 6.24. The summed E-state index contributed by atoms with van der Waals surface area (Å²) in [6.45, 7) is 4.88. The smallest absolute Gasteiger partial charge is 0.230 e. The zero-order valence-electron chi connectivity index (χ0n) is 11.6. The van der Waals surface area contributed by atoms with Gasteiger partial charge in [0.05, 0.1) is 11.5 Å². The van der Waals surface area contributed by atoms with E-state index in [0.717, 1.165) is 45.3 Å². The fraction of sp³-hybridized carbons (Fsp3) is 0.667. The van der Waals surface area contributed by atoms with Crippen LogP contribution < -0.4 is 5.32 Å². The van der Waals surface area contributed by atoms with Crippen molar-refractivity contribution in [1.82, 2.24) is 15.2 Å². The molecule has 0 spiro atoms. The Balaban J connectivity index is 1.78. The van der Waals surface area contributed by atoms with Crippen molar-refractivity contribution < 1.29 is 4.79 Å². The minimum atomic E-state index is -0.215. The summed E-state index contributed by atoms with van der Waals surface area (Å²) < 4.78 is 0. The maximum Gasteiger partial charge on any atom is 0.230 e. The molecule has 2 aliphatic heterocycles. The highest BCUT2D eigenvalue weighted by Gasteiger charge is 2.41. The van der Waals surface area contributed by atoms with Crippen molar-refractivity contribution in [3.63, 3.8) is 0 Å². The summed E-state index contributed by atoms with van der Waals surface area (Å²) in [5.41, 5.74) is 0.964. The Morgan fingerprint density at radius 1 is 1.47 bits per heavy atom. The Bertz CT molecular complexity index is 434. The van der Waals surface area contributed by atoms with E-state index >= 15 is 0 Å². The zero-order chi connectivity index (χ0) is 13.3. The average molecular weight is 261 g/mol. The first-order chi connectivity index (χ1) is 9.21.